The van der Waals surface area contributed by atoms with Gasteiger partial charge in [-0.2, -0.15) is 0 Å². The Balaban J connectivity index is 2.24. The van der Waals surface area contributed by atoms with E-state index in [2.05, 4.69) is 15.9 Å². The molecule has 4 heteroatoms. The molecular formula is C17H16BrFO2. The van der Waals surface area contributed by atoms with Crippen LogP contribution >= 0.6 is 15.9 Å². The van der Waals surface area contributed by atoms with Crippen molar-refractivity contribution in [1.82, 2.24) is 0 Å². The Hall–Kier alpha value is -1.68. The van der Waals surface area contributed by atoms with Gasteiger partial charge in [0.2, 0.25) is 0 Å². The van der Waals surface area contributed by atoms with Crippen LogP contribution in [-0.2, 0) is 6.42 Å². The molecule has 0 unspecified atom stereocenters. The van der Waals surface area contributed by atoms with Crippen LogP contribution in [0.15, 0.2) is 34.8 Å². The van der Waals surface area contributed by atoms with Gasteiger partial charge in [0.25, 0.3) is 0 Å². The number of carbonyl (C=O) groups is 1. The number of ether oxygens (including phenoxy) is 1. The Kier molecular flexibility index (Phi) is 4.78. The number of benzene rings is 2. The molecule has 0 saturated heterocycles. The van der Waals surface area contributed by atoms with Gasteiger partial charge in [0.15, 0.2) is 17.3 Å². The van der Waals surface area contributed by atoms with E-state index in [1.807, 2.05) is 26.0 Å². The van der Waals surface area contributed by atoms with Gasteiger partial charge in [-0.05, 0) is 54.8 Å². The van der Waals surface area contributed by atoms with Crippen molar-refractivity contribution >= 4 is 21.7 Å². The standard InChI is InChI=1S/C17H16BrFO2/c1-10-6-13(7-11(2)17(10)18)15(20)9-12-4-5-16(21-3)14(19)8-12/h4-8H,9H2,1-3H3. The molecule has 0 saturated carbocycles. The van der Waals surface area contributed by atoms with E-state index in [1.165, 1.54) is 19.2 Å². The summed E-state index contributed by atoms with van der Waals surface area (Å²) in [6.45, 7) is 3.89. The lowest BCUT2D eigenvalue weighted by Gasteiger charge is -2.08. The molecule has 0 aliphatic carbocycles. The minimum absolute atomic E-state index is 0.0294. The molecule has 2 aromatic carbocycles. The predicted molar refractivity (Wildman–Crippen MR) is 84.6 cm³/mol. The number of hydrogen-bond acceptors (Lipinski definition) is 2. The lowest BCUT2D eigenvalue weighted by molar-refractivity contribution is 0.0992. The van der Waals surface area contributed by atoms with Crippen molar-refractivity contribution in [3.05, 3.63) is 62.9 Å². The van der Waals surface area contributed by atoms with Crippen LogP contribution < -0.4 is 4.74 Å². The van der Waals surface area contributed by atoms with E-state index in [4.69, 9.17) is 4.74 Å². The van der Waals surface area contributed by atoms with E-state index in [0.29, 0.717) is 11.1 Å². The fourth-order valence-corrected chi connectivity index (χ4v) is 2.44. The highest BCUT2D eigenvalue weighted by atomic mass is 79.9. The zero-order valence-corrected chi connectivity index (χ0v) is 13.8. The van der Waals surface area contributed by atoms with Crippen molar-refractivity contribution in [3.63, 3.8) is 0 Å². The largest absolute Gasteiger partial charge is 0.494 e. The van der Waals surface area contributed by atoms with Crippen LogP contribution in [0.1, 0.15) is 27.0 Å². The van der Waals surface area contributed by atoms with Crippen LogP contribution in [0.25, 0.3) is 0 Å². The first-order chi connectivity index (χ1) is 9.92. The minimum atomic E-state index is -0.453. The Labute approximate surface area is 132 Å². The Bertz CT molecular complexity index is 672. The summed E-state index contributed by atoms with van der Waals surface area (Å²) in [7, 11) is 1.41. The van der Waals surface area contributed by atoms with Gasteiger partial charge in [-0.3, -0.25) is 4.79 Å². The molecule has 2 rings (SSSR count). The Morgan fingerprint density at radius 1 is 1.19 bits per heavy atom. The van der Waals surface area contributed by atoms with Gasteiger partial charge in [0.05, 0.1) is 7.11 Å². The summed E-state index contributed by atoms with van der Waals surface area (Å²) in [6, 6.07) is 8.28. The summed E-state index contributed by atoms with van der Waals surface area (Å²) in [5.74, 6) is -0.300. The first-order valence-corrected chi connectivity index (χ1v) is 7.34. The van der Waals surface area contributed by atoms with Gasteiger partial charge in [0, 0.05) is 16.5 Å². The monoisotopic (exact) mass is 350 g/mol. The topological polar surface area (TPSA) is 26.3 Å². The molecule has 2 aromatic rings. The molecule has 0 aromatic heterocycles. The molecule has 0 aliphatic heterocycles. The number of halogens is 2. The van der Waals surface area contributed by atoms with Crippen molar-refractivity contribution in [1.29, 1.82) is 0 Å². The number of carbonyl (C=O) groups excluding carboxylic acids is 1. The van der Waals surface area contributed by atoms with Gasteiger partial charge in [-0.15, -0.1) is 0 Å². The minimum Gasteiger partial charge on any atom is -0.494 e. The molecule has 21 heavy (non-hydrogen) atoms. The number of ketones is 1. The number of aryl methyl sites for hydroxylation is 2. The van der Waals surface area contributed by atoms with Gasteiger partial charge < -0.3 is 4.74 Å². The summed E-state index contributed by atoms with van der Waals surface area (Å²) >= 11 is 3.48. The van der Waals surface area contributed by atoms with Crippen LogP contribution in [0, 0.1) is 19.7 Å². The quantitative estimate of drug-likeness (QED) is 0.751. The number of rotatable bonds is 4. The molecule has 2 nitrogen and oxygen atoms in total. The molecule has 0 N–H and O–H groups in total. The molecule has 0 radical (unpaired) electrons. The summed E-state index contributed by atoms with van der Waals surface area (Å²) in [6.07, 6.45) is 0.168. The Morgan fingerprint density at radius 3 is 2.33 bits per heavy atom. The second-order valence-electron chi connectivity index (χ2n) is 4.99. The van der Waals surface area contributed by atoms with Crippen molar-refractivity contribution < 1.29 is 13.9 Å². The third-order valence-electron chi connectivity index (χ3n) is 3.34. The highest BCUT2D eigenvalue weighted by Gasteiger charge is 2.12. The fraction of sp³-hybridized carbons (Fsp3) is 0.235. The average Bonchev–Trinajstić information content (AvgIpc) is 2.44. The van der Waals surface area contributed by atoms with E-state index in [0.717, 1.165) is 15.6 Å². The normalized spacial score (nSPS) is 10.5. The first-order valence-electron chi connectivity index (χ1n) is 6.54. The summed E-state index contributed by atoms with van der Waals surface area (Å²) in [5.41, 5.74) is 3.31. The first kappa shape index (κ1) is 15.7. The van der Waals surface area contributed by atoms with Gasteiger partial charge in [-0.25, -0.2) is 4.39 Å². The summed E-state index contributed by atoms with van der Waals surface area (Å²) < 4.78 is 19.5. The number of Topliss-reactive ketones (excluding diaryl/α,β-unsaturated/α-hetero) is 1. The average molecular weight is 351 g/mol. The van der Waals surface area contributed by atoms with Crippen LogP contribution in [0.5, 0.6) is 5.75 Å². The second-order valence-corrected chi connectivity index (χ2v) is 5.79. The lowest BCUT2D eigenvalue weighted by atomic mass is 9.99. The van der Waals surface area contributed by atoms with E-state index in [1.54, 1.807) is 6.07 Å². The maximum atomic E-state index is 13.6. The number of hydrogen-bond donors (Lipinski definition) is 0. The molecule has 0 amide bonds. The maximum Gasteiger partial charge on any atom is 0.167 e. The molecule has 0 fully saturated rings. The van der Waals surface area contributed by atoms with Crippen LogP contribution in [-0.4, -0.2) is 12.9 Å². The van der Waals surface area contributed by atoms with E-state index < -0.39 is 5.82 Å². The SMILES string of the molecule is COc1ccc(CC(=O)c2cc(C)c(Br)c(C)c2)cc1F. The molecular weight excluding hydrogens is 335 g/mol. The van der Waals surface area contributed by atoms with Crippen LogP contribution in [0.2, 0.25) is 0 Å². The van der Waals surface area contributed by atoms with Gasteiger partial charge in [0.1, 0.15) is 0 Å². The summed E-state index contributed by atoms with van der Waals surface area (Å²) in [5, 5.41) is 0. The third-order valence-corrected chi connectivity index (χ3v) is 4.59. The van der Waals surface area contributed by atoms with Crippen LogP contribution in [0.4, 0.5) is 4.39 Å². The fourth-order valence-electron chi connectivity index (χ4n) is 2.21. The zero-order chi connectivity index (χ0) is 15.6. The highest BCUT2D eigenvalue weighted by Crippen LogP contribution is 2.24. The summed E-state index contributed by atoms with van der Waals surface area (Å²) in [4.78, 5) is 12.3. The third kappa shape index (κ3) is 3.50. The van der Waals surface area contributed by atoms with Crippen molar-refractivity contribution in [3.8, 4) is 5.75 Å². The maximum absolute atomic E-state index is 13.6. The second kappa shape index (κ2) is 6.39. The molecule has 110 valence electrons. The molecule has 0 heterocycles. The molecule has 0 aliphatic rings. The molecule has 0 atom stereocenters. The van der Waals surface area contributed by atoms with Crippen molar-refractivity contribution in [2.75, 3.05) is 7.11 Å². The Morgan fingerprint density at radius 2 is 1.81 bits per heavy atom. The van der Waals surface area contributed by atoms with E-state index >= 15 is 0 Å². The molecule has 0 bridgehead atoms. The van der Waals surface area contributed by atoms with Crippen molar-refractivity contribution in [2.45, 2.75) is 20.3 Å². The predicted octanol–water partition coefficient (Wildman–Crippen LogP) is 4.64. The van der Waals surface area contributed by atoms with Gasteiger partial charge >= 0.3 is 0 Å². The highest BCUT2D eigenvalue weighted by molar-refractivity contribution is 9.10. The van der Waals surface area contributed by atoms with Gasteiger partial charge in [-0.1, -0.05) is 22.0 Å². The lowest BCUT2D eigenvalue weighted by Crippen LogP contribution is -2.05. The molecule has 0 spiro atoms. The smallest absolute Gasteiger partial charge is 0.167 e. The van der Waals surface area contributed by atoms with E-state index in [9.17, 15) is 9.18 Å². The number of methoxy groups -OCH3 is 1. The van der Waals surface area contributed by atoms with Crippen molar-refractivity contribution in [2.24, 2.45) is 0 Å². The van der Waals surface area contributed by atoms with Crippen LogP contribution in [0.3, 0.4) is 0 Å². The van der Waals surface area contributed by atoms with E-state index in [-0.39, 0.29) is 18.0 Å². The zero-order valence-electron chi connectivity index (χ0n) is 12.2.